The molecule has 0 N–H and O–H groups in total. The summed E-state index contributed by atoms with van der Waals surface area (Å²) in [6.45, 7) is 0. The van der Waals surface area contributed by atoms with E-state index in [2.05, 4.69) is 4.57 Å². The number of para-hydroxylation sites is 3. The average molecular weight is 600 g/mol. The van der Waals surface area contributed by atoms with Gasteiger partial charge in [0, 0.05) is 32.7 Å². The average Bonchev–Trinajstić information content (AvgIpc) is 3.67. The molecule has 0 radical (unpaired) electrons. The van der Waals surface area contributed by atoms with Crippen molar-refractivity contribution in [2.24, 2.45) is 0 Å². The van der Waals surface area contributed by atoms with Crippen LogP contribution in [0.2, 0.25) is 0 Å². The Bertz CT molecular complexity index is 2600. The van der Waals surface area contributed by atoms with Gasteiger partial charge < -0.3 is 4.42 Å². The van der Waals surface area contributed by atoms with Gasteiger partial charge in [0.2, 0.25) is 5.71 Å². The van der Waals surface area contributed by atoms with Gasteiger partial charge in [-0.2, -0.15) is 0 Å². The van der Waals surface area contributed by atoms with Crippen LogP contribution in [0, 0.1) is 11.6 Å². The second kappa shape index (κ2) is 10.2. The molecule has 4 nitrogen and oxygen atoms in total. The topological polar surface area (TPSA) is 43.9 Å². The fraction of sp³-hybridized carbons (Fsp3) is 0. The number of nitrogens with zero attached hydrogens (tertiary/aromatic N) is 3. The molecule has 0 fully saturated rings. The fourth-order valence-electron chi connectivity index (χ4n) is 6.46. The first-order valence-electron chi connectivity index (χ1n) is 15.0. The first kappa shape index (κ1) is 26.3. The smallest absolute Gasteiger partial charge is 0.227 e. The van der Waals surface area contributed by atoms with E-state index in [1.54, 1.807) is 18.2 Å². The summed E-state index contributed by atoms with van der Waals surface area (Å²) in [6.07, 6.45) is 0. The number of rotatable bonds is 4. The van der Waals surface area contributed by atoms with E-state index in [4.69, 9.17) is 14.4 Å². The maximum Gasteiger partial charge on any atom is 0.227 e. The maximum absolute atomic E-state index is 15.7. The molecule has 0 bridgehead atoms. The van der Waals surface area contributed by atoms with Gasteiger partial charge in [-0.25, -0.2) is 18.7 Å². The van der Waals surface area contributed by atoms with E-state index in [-0.39, 0.29) is 11.6 Å². The number of furan rings is 1. The molecule has 9 aromatic rings. The van der Waals surface area contributed by atoms with Gasteiger partial charge >= 0.3 is 0 Å². The van der Waals surface area contributed by atoms with Crippen LogP contribution in [0.5, 0.6) is 0 Å². The summed E-state index contributed by atoms with van der Waals surface area (Å²) in [4.78, 5) is 9.99. The van der Waals surface area contributed by atoms with Gasteiger partial charge in [-0.05, 0) is 66.2 Å². The maximum atomic E-state index is 15.7. The Balaban J connectivity index is 1.36. The molecule has 0 spiro atoms. The van der Waals surface area contributed by atoms with E-state index in [1.807, 2.05) is 109 Å². The van der Waals surface area contributed by atoms with Crippen molar-refractivity contribution in [3.8, 4) is 39.5 Å². The number of hydrogen-bond donors (Lipinski definition) is 0. The predicted octanol–water partition coefficient (Wildman–Crippen LogP) is 10.8. The summed E-state index contributed by atoms with van der Waals surface area (Å²) in [5.74, 6) is 0.0793. The molecule has 0 aliphatic heterocycles. The lowest BCUT2D eigenvalue weighted by molar-refractivity contribution is 0.628. The second-order valence-corrected chi connectivity index (χ2v) is 11.3. The highest BCUT2D eigenvalue weighted by Crippen LogP contribution is 2.42. The largest absolute Gasteiger partial charge is 0.437 e. The molecule has 3 heterocycles. The first-order chi connectivity index (χ1) is 22.6. The Morgan fingerprint density at radius 1 is 0.543 bits per heavy atom. The molecule has 0 saturated carbocycles. The van der Waals surface area contributed by atoms with E-state index in [1.165, 1.54) is 12.1 Å². The van der Waals surface area contributed by atoms with Crippen molar-refractivity contribution >= 4 is 43.9 Å². The molecule has 46 heavy (non-hydrogen) atoms. The van der Waals surface area contributed by atoms with Crippen molar-refractivity contribution in [3.63, 3.8) is 0 Å². The van der Waals surface area contributed by atoms with Crippen LogP contribution in [-0.2, 0) is 0 Å². The Kier molecular flexibility index (Phi) is 5.83. The van der Waals surface area contributed by atoms with Crippen molar-refractivity contribution in [2.75, 3.05) is 0 Å². The highest BCUT2D eigenvalue weighted by molar-refractivity contribution is 6.09. The van der Waals surface area contributed by atoms with Crippen LogP contribution in [0.4, 0.5) is 8.78 Å². The van der Waals surface area contributed by atoms with Crippen LogP contribution in [0.25, 0.3) is 83.3 Å². The van der Waals surface area contributed by atoms with Crippen LogP contribution >= 0.6 is 0 Å². The number of imidazole rings is 1. The minimum atomic E-state index is -0.301. The molecule has 0 aliphatic rings. The third-order valence-corrected chi connectivity index (χ3v) is 8.58. The zero-order valence-electron chi connectivity index (χ0n) is 24.3. The van der Waals surface area contributed by atoms with Crippen LogP contribution in [0.3, 0.4) is 0 Å². The van der Waals surface area contributed by atoms with E-state index >= 15 is 4.39 Å². The van der Waals surface area contributed by atoms with E-state index in [0.29, 0.717) is 28.2 Å². The minimum absolute atomic E-state index is 0.286. The Hall–Kier alpha value is -6.14. The summed E-state index contributed by atoms with van der Waals surface area (Å²) in [7, 11) is 0. The third-order valence-electron chi connectivity index (χ3n) is 8.58. The lowest BCUT2D eigenvalue weighted by Gasteiger charge is -2.18. The van der Waals surface area contributed by atoms with Gasteiger partial charge in [-0.15, -0.1) is 0 Å². The van der Waals surface area contributed by atoms with Gasteiger partial charge in [0.1, 0.15) is 23.0 Å². The number of benzene rings is 6. The Labute approximate surface area is 261 Å². The molecule has 6 aromatic carbocycles. The molecule has 0 saturated heterocycles. The van der Waals surface area contributed by atoms with Crippen molar-refractivity contribution in [1.29, 1.82) is 0 Å². The van der Waals surface area contributed by atoms with Crippen molar-refractivity contribution in [2.45, 2.75) is 0 Å². The zero-order chi connectivity index (χ0) is 30.8. The summed E-state index contributed by atoms with van der Waals surface area (Å²) in [5, 5.41) is 3.06. The normalized spacial score (nSPS) is 11.7. The molecule has 0 unspecified atom stereocenters. The summed E-state index contributed by atoms with van der Waals surface area (Å²) in [6, 6.07) is 43.2. The van der Waals surface area contributed by atoms with Gasteiger partial charge in [0.05, 0.1) is 28.0 Å². The predicted molar refractivity (Wildman–Crippen MR) is 180 cm³/mol. The molecule has 218 valence electrons. The number of halogens is 2. The minimum Gasteiger partial charge on any atom is -0.437 e. The van der Waals surface area contributed by atoms with Crippen molar-refractivity contribution in [1.82, 2.24) is 14.5 Å². The second-order valence-electron chi connectivity index (χ2n) is 11.3. The number of aromatic nitrogens is 3. The van der Waals surface area contributed by atoms with Gasteiger partial charge in [0.15, 0.2) is 0 Å². The molecular weight excluding hydrogens is 576 g/mol. The summed E-state index contributed by atoms with van der Waals surface area (Å²) < 4.78 is 38.0. The highest BCUT2D eigenvalue weighted by Gasteiger charge is 2.24. The first-order valence-corrected chi connectivity index (χ1v) is 15.0. The Morgan fingerprint density at radius 2 is 1.28 bits per heavy atom. The van der Waals surface area contributed by atoms with Crippen molar-refractivity contribution < 1.29 is 13.2 Å². The van der Waals surface area contributed by atoms with Crippen LogP contribution in [0.1, 0.15) is 0 Å². The lowest BCUT2D eigenvalue weighted by atomic mass is 9.97. The van der Waals surface area contributed by atoms with Crippen LogP contribution in [0.15, 0.2) is 144 Å². The third kappa shape index (κ3) is 4.04. The molecule has 0 amide bonds. The standard InChI is InChI=1S/C40H23F2N3O/c41-26-19-17-25(18-20-26)34-22-21-30-29-13-8-14-31(38(29)46-40(30)44-34)39-43-35-15-6-7-16-36(35)45(39)37-28-12-5-4-11-27(28)33(42)23-32(37)24-9-2-1-3-10-24/h1-23H. The van der Waals surface area contributed by atoms with Crippen LogP contribution < -0.4 is 0 Å². The molecule has 6 heteroatoms. The van der Waals surface area contributed by atoms with E-state index in [9.17, 15) is 4.39 Å². The van der Waals surface area contributed by atoms with E-state index < -0.39 is 0 Å². The summed E-state index contributed by atoms with van der Waals surface area (Å²) >= 11 is 0. The molecule has 0 aliphatic carbocycles. The number of pyridine rings is 1. The monoisotopic (exact) mass is 599 g/mol. The van der Waals surface area contributed by atoms with Crippen LogP contribution in [-0.4, -0.2) is 14.5 Å². The van der Waals surface area contributed by atoms with Crippen molar-refractivity contribution in [3.05, 3.63) is 151 Å². The number of hydrogen-bond acceptors (Lipinski definition) is 3. The van der Waals surface area contributed by atoms with Gasteiger partial charge in [-0.1, -0.05) is 78.9 Å². The lowest BCUT2D eigenvalue weighted by Crippen LogP contribution is -2.03. The van der Waals surface area contributed by atoms with Gasteiger partial charge in [-0.3, -0.25) is 4.57 Å². The SMILES string of the molecule is Fc1ccc(-c2ccc3c(n2)oc2c(-c4nc5ccccc5n4-c4c(-c5ccccc5)cc(F)c5ccccc45)cccc23)cc1. The Morgan fingerprint density at radius 3 is 2.13 bits per heavy atom. The molecular formula is C40H23F2N3O. The zero-order valence-corrected chi connectivity index (χ0v) is 24.3. The molecule has 3 aromatic heterocycles. The summed E-state index contributed by atoms with van der Waals surface area (Å²) in [5.41, 5.74) is 7.54. The van der Waals surface area contributed by atoms with Gasteiger partial charge in [0.25, 0.3) is 0 Å². The quantitative estimate of drug-likeness (QED) is 0.202. The molecule has 9 rings (SSSR count). The number of fused-ring (bicyclic) bond motifs is 5. The highest BCUT2D eigenvalue weighted by atomic mass is 19.1. The molecule has 0 atom stereocenters. The van der Waals surface area contributed by atoms with E-state index in [0.717, 1.165) is 55.1 Å². The fourth-order valence-corrected chi connectivity index (χ4v) is 6.46.